The van der Waals surface area contributed by atoms with Crippen LogP contribution in [-0.2, 0) is 0 Å². The maximum Gasteiger partial charge on any atom is 0.0587 e. The Kier molecular flexibility index (Phi) is 4.72. The molecule has 2 heteroatoms. The van der Waals surface area contributed by atoms with E-state index >= 15 is 0 Å². The van der Waals surface area contributed by atoms with Gasteiger partial charge in [0.05, 0.1) is 6.10 Å². The van der Waals surface area contributed by atoms with Crippen molar-refractivity contribution in [1.82, 2.24) is 0 Å². The van der Waals surface area contributed by atoms with Gasteiger partial charge in [0.25, 0.3) is 0 Å². The van der Waals surface area contributed by atoms with Crippen molar-refractivity contribution in [2.75, 3.05) is 6.61 Å². The van der Waals surface area contributed by atoms with Gasteiger partial charge in [-0.05, 0) is 12.8 Å². The van der Waals surface area contributed by atoms with Crippen molar-refractivity contribution in [3.05, 3.63) is 0 Å². The first-order valence-corrected chi connectivity index (χ1v) is 3.55. The van der Waals surface area contributed by atoms with Gasteiger partial charge < -0.3 is 10.2 Å². The van der Waals surface area contributed by atoms with Crippen molar-refractivity contribution < 1.29 is 10.2 Å². The van der Waals surface area contributed by atoms with Crippen molar-refractivity contribution >= 4 is 0 Å². The third-order valence-electron chi connectivity index (χ3n) is 1.72. The largest absolute Gasteiger partial charge is 0.396 e. The summed E-state index contributed by atoms with van der Waals surface area (Å²) in [5.74, 6) is 0.0787. The van der Waals surface area contributed by atoms with Crippen LogP contribution in [0.4, 0.5) is 0 Å². The highest BCUT2D eigenvalue weighted by Gasteiger charge is 2.12. The molecule has 0 radical (unpaired) electrons. The lowest BCUT2D eigenvalue weighted by Crippen LogP contribution is -2.21. The van der Waals surface area contributed by atoms with Crippen LogP contribution in [0, 0.1) is 5.92 Å². The second-order valence-electron chi connectivity index (χ2n) is 2.33. The van der Waals surface area contributed by atoms with Gasteiger partial charge in [0.15, 0.2) is 0 Å². The van der Waals surface area contributed by atoms with Gasteiger partial charge in [-0.3, -0.25) is 0 Å². The highest BCUT2D eigenvalue weighted by atomic mass is 16.3. The molecule has 0 fully saturated rings. The summed E-state index contributed by atoms with van der Waals surface area (Å²) in [5, 5.41) is 17.8. The molecule has 9 heavy (non-hydrogen) atoms. The molecule has 0 heterocycles. The van der Waals surface area contributed by atoms with E-state index < -0.39 is 0 Å². The zero-order valence-corrected chi connectivity index (χ0v) is 6.17. The predicted molar refractivity (Wildman–Crippen MR) is 37.2 cm³/mol. The first-order chi connectivity index (χ1) is 4.26. The molecule has 2 N–H and O–H groups in total. The van der Waals surface area contributed by atoms with Gasteiger partial charge >= 0.3 is 0 Å². The Morgan fingerprint density at radius 1 is 1.22 bits per heavy atom. The molecule has 0 aromatic carbocycles. The first-order valence-electron chi connectivity index (χ1n) is 3.55. The second-order valence-corrected chi connectivity index (χ2v) is 2.33. The molecular formula is C7H16O2. The van der Waals surface area contributed by atoms with Crippen LogP contribution in [0.3, 0.4) is 0 Å². The molecule has 0 rings (SSSR count). The zero-order chi connectivity index (χ0) is 7.28. The van der Waals surface area contributed by atoms with E-state index in [1.54, 1.807) is 0 Å². The van der Waals surface area contributed by atoms with Crippen LogP contribution in [0.1, 0.15) is 26.7 Å². The standard InChI is InChI=1S/C7H16O2/c1-3-6(5-8)7(9)4-2/h6-9H,3-5H2,1-2H3/t6-,7-/m1/s1. The number of aliphatic hydroxyl groups is 2. The average molecular weight is 132 g/mol. The van der Waals surface area contributed by atoms with E-state index in [2.05, 4.69) is 0 Å². The molecule has 0 aliphatic carbocycles. The molecule has 0 spiro atoms. The summed E-state index contributed by atoms with van der Waals surface area (Å²) in [6.07, 6.45) is 1.27. The summed E-state index contributed by atoms with van der Waals surface area (Å²) in [6, 6.07) is 0. The van der Waals surface area contributed by atoms with Crippen LogP contribution >= 0.6 is 0 Å². The Hall–Kier alpha value is -0.0800. The molecule has 0 amide bonds. The minimum atomic E-state index is -0.319. The van der Waals surface area contributed by atoms with Crippen LogP contribution in [-0.4, -0.2) is 22.9 Å². The van der Waals surface area contributed by atoms with Crippen molar-refractivity contribution in [1.29, 1.82) is 0 Å². The third-order valence-corrected chi connectivity index (χ3v) is 1.72. The van der Waals surface area contributed by atoms with E-state index in [4.69, 9.17) is 10.2 Å². The van der Waals surface area contributed by atoms with Crippen LogP contribution in [0.15, 0.2) is 0 Å². The maximum atomic E-state index is 9.16. The molecule has 0 aromatic rings. The summed E-state index contributed by atoms with van der Waals surface area (Å²) in [6.45, 7) is 3.99. The van der Waals surface area contributed by atoms with E-state index in [1.807, 2.05) is 13.8 Å². The SMILES string of the molecule is CC[C@H](CO)[C@H](O)CC. The van der Waals surface area contributed by atoms with Gasteiger partial charge in [-0.1, -0.05) is 13.8 Å². The van der Waals surface area contributed by atoms with Crippen LogP contribution in [0.25, 0.3) is 0 Å². The molecule has 56 valence electrons. The van der Waals surface area contributed by atoms with Crippen LogP contribution < -0.4 is 0 Å². The smallest absolute Gasteiger partial charge is 0.0587 e. The van der Waals surface area contributed by atoms with Gasteiger partial charge in [0.2, 0.25) is 0 Å². The van der Waals surface area contributed by atoms with E-state index in [0.717, 1.165) is 12.8 Å². The Balaban J connectivity index is 3.50. The van der Waals surface area contributed by atoms with E-state index in [9.17, 15) is 0 Å². The van der Waals surface area contributed by atoms with Crippen molar-refractivity contribution in [3.63, 3.8) is 0 Å². The fourth-order valence-corrected chi connectivity index (χ4v) is 0.856. The molecule has 0 saturated heterocycles. The Morgan fingerprint density at radius 3 is 1.89 bits per heavy atom. The van der Waals surface area contributed by atoms with E-state index in [1.165, 1.54) is 0 Å². The molecule has 0 aliphatic rings. The molecule has 0 saturated carbocycles. The lowest BCUT2D eigenvalue weighted by molar-refractivity contribution is 0.0625. The minimum absolute atomic E-state index is 0.0787. The van der Waals surface area contributed by atoms with Gasteiger partial charge in [-0.2, -0.15) is 0 Å². The van der Waals surface area contributed by atoms with Gasteiger partial charge in [-0.15, -0.1) is 0 Å². The van der Waals surface area contributed by atoms with Crippen LogP contribution in [0.2, 0.25) is 0 Å². The zero-order valence-electron chi connectivity index (χ0n) is 6.17. The molecule has 0 unspecified atom stereocenters. The maximum absolute atomic E-state index is 9.16. The number of hydrogen-bond acceptors (Lipinski definition) is 2. The van der Waals surface area contributed by atoms with E-state index in [0.29, 0.717) is 0 Å². The first kappa shape index (κ1) is 8.92. The molecular weight excluding hydrogens is 116 g/mol. The van der Waals surface area contributed by atoms with Gasteiger partial charge in [0.1, 0.15) is 0 Å². The Bertz CT molecular complexity index is 59.9. The quantitative estimate of drug-likeness (QED) is 0.593. The van der Waals surface area contributed by atoms with Gasteiger partial charge in [-0.25, -0.2) is 0 Å². The monoisotopic (exact) mass is 132 g/mol. The van der Waals surface area contributed by atoms with Crippen molar-refractivity contribution in [2.45, 2.75) is 32.8 Å². The fourth-order valence-electron chi connectivity index (χ4n) is 0.856. The van der Waals surface area contributed by atoms with Crippen molar-refractivity contribution in [2.24, 2.45) is 5.92 Å². The lowest BCUT2D eigenvalue weighted by Gasteiger charge is -2.16. The lowest BCUT2D eigenvalue weighted by atomic mass is 9.99. The molecule has 0 aliphatic heterocycles. The molecule has 0 aromatic heterocycles. The topological polar surface area (TPSA) is 40.5 Å². The summed E-state index contributed by atoms with van der Waals surface area (Å²) in [4.78, 5) is 0. The highest BCUT2D eigenvalue weighted by molar-refractivity contribution is 4.63. The Labute approximate surface area is 56.5 Å². The molecule has 0 bridgehead atoms. The summed E-state index contributed by atoms with van der Waals surface area (Å²) < 4.78 is 0. The summed E-state index contributed by atoms with van der Waals surface area (Å²) in [5.41, 5.74) is 0. The third kappa shape index (κ3) is 2.82. The normalized spacial score (nSPS) is 17.3. The predicted octanol–water partition coefficient (Wildman–Crippen LogP) is 0.776. The highest BCUT2D eigenvalue weighted by Crippen LogP contribution is 2.09. The van der Waals surface area contributed by atoms with Gasteiger partial charge in [0, 0.05) is 12.5 Å². The van der Waals surface area contributed by atoms with E-state index in [-0.39, 0.29) is 18.6 Å². The summed E-state index contributed by atoms with van der Waals surface area (Å²) in [7, 11) is 0. The molecule has 2 atom stereocenters. The number of hydrogen-bond donors (Lipinski definition) is 2. The molecule has 2 nitrogen and oxygen atoms in total. The van der Waals surface area contributed by atoms with Crippen molar-refractivity contribution in [3.8, 4) is 0 Å². The number of rotatable bonds is 4. The fraction of sp³-hybridized carbons (Fsp3) is 1.00. The Morgan fingerprint density at radius 2 is 1.78 bits per heavy atom. The summed E-state index contributed by atoms with van der Waals surface area (Å²) >= 11 is 0. The average Bonchev–Trinajstić information content (AvgIpc) is 1.90. The minimum Gasteiger partial charge on any atom is -0.396 e. The van der Waals surface area contributed by atoms with Crippen LogP contribution in [0.5, 0.6) is 0 Å². The number of aliphatic hydroxyl groups excluding tert-OH is 2. The second kappa shape index (κ2) is 4.77.